The largest absolute Gasteiger partial charge is 0.497 e. The third-order valence-electron chi connectivity index (χ3n) is 5.68. The van der Waals surface area contributed by atoms with E-state index in [2.05, 4.69) is 15.1 Å². The maximum absolute atomic E-state index is 13.1. The molecule has 0 aliphatic heterocycles. The van der Waals surface area contributed by atoms with E-state index in [0.29, 0.717) is 33.9 Å². The number of nitrogens with one attached hydrogen (secondary N) is 2. The highest BCUT2D eigenvalue weighted by Gasteiger charge is 2.20. The fourth-order valence-electron chi connectivity index (χ4n) is 3.71. The lowest BCUT2D eigenvalue weighted by Gasteiger charge is -2.13. The predicted octanol–water partition coefficient (Wildman–Crippen LogP) is 4.86. The van der Waals surface area contributed by atoms with Gasteiger partial charge in [0.2, 0.25) is 0 Å². The average Bonchev–Trinajstić information content (AvgIpc) is 3.22. The summed E-state index contributed by atoms with van der Waals surface area (Å²) in [7, 11) is -2.35. The van der Waals surface area contributed by atoms with Crippen molar-refractivity contribution in [1.82, 2.24) is 9.78 Å². The van der Waals surface area contributed by atoms with Gasteiger partial charge in [0, 0.05) is 11.4 Å². The number of ether oxygens (including phenoxy) is 1. The highest BCUT2D eigenvalue weighted by atomic mass is 32.2. The van der Waals surface area contributed by atoms with Crippen LogP contribution >= 0.6 is 0 Å². The molecule has 0 saturated heterocycles. The summed E-state index contributed by atoms with van der Waals surface area (Å²) in [5.41, 5.74) is 4.30. The number of sulfonamides is 1. The maximum atomic E-state index is 13.1. The van der Waals surface area contributed by atoms with Gasteiger partial charge in [0.1, 0.15) is 5.75 Å². The van der Waals surface area contributed by atoms with Crippen LogP contribution in [0, 0.1) is 20.8 Å². The molecule has 180 valence electrons. The lowest BCUT2D eigenvalue weighted by molar-refractivity contribution is 0.102. The minimum atomic E-state index is -3.89. The highest BCUT2D eigenvalue weighted by molar-refractivity contribution is 7.92. The molecular weight excluding hydrogens is 464 g/mol. The molecule has 0 unspecified atom stereocenters. The van der Waals surface area contributed by atoms with Crippen molar-refractivity contribution in [3.05, 3.63) is 95.3 Å². The van der Waals surface area contributed by atoms with Gasteiger partial charge in [0.25, 0.3) is 15.9 Å². The van der Waals surface area contributed by atoms with Crippen LogP contribution in [0.1, 0.15) is 27.2 Å². The molecule has 0 bridgehead atoms. The number of hydrogen-bond donors (Lipinski definition) is 2. The predicted molar refractivity (Wildman–Crippen MR) is 136 cm³/mol. The summed E-state index contributed by atoms with van der Waals surface area (Å²) < 4.78 is 35.5. The number of amides is 1. The minimum Gasteiger partial charge on any atom is -0.497 e. The van der Waals surface area contributed by atoms with Crippen LogP contribution in [-0.4, -0.2) is 31.2 Å². The van der Waals surface area contributed by atoms with Crippen LogP contribution < -0.4 is 14.8 Å². The maximum Gasteiger partial charge on any atom is 0.262 e. The smallest absolute Gasteiger partial charge is 0.262 e. The molecule has 0 spiro atoms. The number of hydrogen-bond acceptors (Lipinski definition) is 5. The van der Waals surface area contributed by atoms with Crippen molar-refractivity contribution >= 4 is 27.3 Å². The molecule has 0 fully saturated rings. The van der Waals surface area contributed by atoms with E-state index in [1.54, 1.807) is 48.0 Å². The van der Waals surface area contributed by atoms with Crippen LogP contribution in [0.25, 0.3) is 5.69 Å². The zero-order valence-electron chi connectivity index (χ0n) is 19.9. The van der Waals surface area contributed by atoms with Gasteiger partial charge in [0.05, 0.1) is 35.1 Å². The number of carbonyl (C=O) groups excluding carboxylic acids is 1. The summed E-state index contributed by atoms with van der Waals surface area (Å²) >= 11 is 0. The summed E-state index contributed by atoms with van der Waals surface area (Å²) in [6, 6.07) is 19.1. The Hall–Kier alpha value is -4.11. The molecule has 3 aromatic carbocycles. The third-order valence-corrected chi connectivity index (χ3v) is 7.20. The van der Waals surface area contributed by atoms with Crippen LogP contribution in [0.15, 0.2) is 77.8 Å². The molecule has 0 saturated carbocycles. The van der Waals surface area contributed by atoms with E-state index in [4.69, 9.17) is 4.74 Å². The Kier molecular flexibility index (Phi) is 6.61. The topological polar surface area (TPSA) is 102 Å². The second-order valence-corrected chi connectivity index (χ2v) is 9.76. The molecular formula is C26H26N4O4S. The van der Waals surface area contributed by atoms with Crippen LogP contribution in [0.5, 0.6) is 5.75 Å². The zero-order valence-corrected chi connectivity index (χ0v) is 20.7. The van der Waals surface area contributed by atoms with E-state index in [0.717, 1.165) is 11.3 Å². The van der Waals surface area contributed by atoms with Gasteiger partial charge in [-0.2, -0.15) is 5.10 Å². The van der Waals surface area contributed by atoms with E-state index >= 15 is 0 Å². The van der Waals surface area contributed by atoms with Gasteiger partial charge in [-0.3, -0.25) is 9.52 Å². The number of nitrogens with zero attached hydrogens (tertiary/aromatic N) is 2. The summed E-state index contributed by atoms with van der Waals surface area (Å²) in [5, 5.41) is 7.18. The second kappa shape index (κ2) is 9.63. The number of aryl methyl sites for hydroxylation is 2. The number of rotatable bonds is 7. The molecule has 1 aromatic heterocycles. The number of anilines is 2. The van der Waals surface area contributed by atoms with Gasteiger partial charge in [0.15, 0.2) is 0 Å². The quantitative estimate of drug-likeness (QED) is 0.385. The fraction of sp³-hybridized carbons (Fsp3) is 0.154. The standard InChI is InChI=1S/C26H26N4O4S/c1-17-7-5-6-8-24(17)30-19(3)23(16-27-30)26(31)28-21-10-9-18(2)25(15-21)35(32,33)29-20-11-13-22(34-4)14-12-20/h5-16,29H,1-4H3,(H,28,31). The van der Waals surface area contributed by atoms with Crippen LogP contribution in [0.2, 0.25) is 0 Å². The SMILES string of the molecule is COc1ccc(NS(=O)(=O)c2cc(NC(=O)c3cnn(-c4ccccc4C)c3C)ccc2C)cc1. The van der Waals surface area contributed by atoms with Crippen molar-refractivity contribution in [3.63, 3.8) is 0 Å². The third kappa shape index (κ3) is 5.04. The van der Waals surface area contributed by atoms with Crippen molar-refractivity contribution in [2.75, 3.05) is 17.1 Å². The summed E-state index contributed by atoms with van der Waals surface area (Å²) in [4.78, 5) is 13.1. The molecule has 0 atom stereocenters. The van der Waals surface area contributed by atoms with Gasteiger partial charge >= 0.3 is 0 Å². The molecule has 2 N–H and O–H groups in total. The van der Waals surface area contributed by atoms with E-state index < -0.39 is 10.0 Å². The molecule has 35 heavy (non-hydrogen) atoms. The Morgan fingerprint density at radius 3 is 2.29 bits per heavy atom. The zero-order chi connectivity index (χ0) is 25.2. The van der Waals surface area contributed by atoms with E-state index in [9.17, 15) is 13.2 Å². The van der Waals surface area contributed by atoms with Crippen molar-refractivity contribution in [1.29, 1.82) is 0 Å². The first-order chi connectivity index (χ1) is 16.7. The Morgan fingerprint density at radius 2 is 1.60 bits per heavy atom. The first kappa shape index (κ1) is 24.0. The Bertz CT molecular complexity index is 1490. The minimum absolute atomic E-state index is 0.0680. The van der Waals surface area contributed by atoms with Crippen LogP contribution in [-0.2, 0) is 10.0 Å². The highest BCUT2D eigenvalue weighted by Crippen LogP contribution is 2.25. The van der Waals surface area contributed by atoms with Crippen molar-refractivity contribution < 1.29 is 17.9 Å². The molecule has 1 amide bonds. The molecule has 4 rings (SSSR count). The fourth-order valence-corrected chi connectivity index (χ4v) is 5.04. The lowest BCUT2D eigenvalue weighted by Crippen LogP contribution is -2.16. The van der Waals surface area contributed by atoms with Crippen molar-refractivity contribution in [3.8, 4) is 11.4 Å². The Labute approximate surface area is 204 Å². The number of methoxy groups -OCH3 is 1. The molecule has 1 heterocycles. The summed E-state index contributed by atoms with van der Waals surface area (Å²) in [6.45, 7) is 5.49. The van der Waals surface area contributed by atoms with E-state index in [1.807, 2.05) is 38.1 Å². The molecule has 9 heteroatoms. The molecule has 0 aliphatic rings. The van der Waals surface area contributed by atoms with Gasteiger partial charge in [-0.1, -0.05) is 24.3 Å². The Balaban J connectivity index is 1.57. The summed E-state index contributed by atoms with van der Waals surface area (Å²) in [5.74, 6) is 0.243. The van der Waals surface area contributed by atoms with Crippen molar-refractivity contribution in [2.24, 2.45) is 0 Å². The average molecular weight is 491 g/mol. The summed E-state index contributed by atoms with van der Waals surface area (Å²) in [6.07, 6.45) is 1.51. The number of carbonyl (C=O) groups is 1. The molecule has 0 aliphatic carbocycles. The van der Waals surface area contributed by atoms with Crippen LogP contribution in [0.4, 0.5) is 11.4 Å². The van der Waals surface area contributed by atoms with Crippen molar-refractivity contribution in [2.45, 2.75) is 25.7 Å². The number of aromatic nitrogens is 2. The second-order valence-electron chi connectivity index (χ2n) is 8.11. The van der Waals surface area contributed by atoms with Crippen LogP contribution in [0.3, 0.4) is 0 Å². The van der Waals surface area contributed by atoms with Gasteiger partial charge in [-0.15, -0.1) is 0 Å². The number of para-hydroxylation sites is 1. The van der Waals surface area contributed by atoms with Gasteiger partial charge in [-0.25, -0.2) is 13.1 Å². The lowest BCUT2D eigenvalue weighted by atomic mass is 10.2. The normalized spacial score (nSPS) is 11.2. The molecule has 8 nitrogen and oxygen atoms in total. The monoisotopic (exact) mass is 490 g/mol. The number of benzene rings is 3. The first-order valence-corrected chi connectivity index (χ1v) is 12.4. The van der Waals surface area contributed by atoms with E-state index in [1.165, 1.54) is 19.4 Å². The van der Waals surface area contributed by atoms with E-state index in [-0.39, 0.29) is 10.8 Å². The Morgan fingerprint density at radius 1 is 0.914 bits per heavy atom. The van der Waals surface area contributed by atoms with Gasteiger partial charge < -0.3 is 10.1 Å². The molecule has 0 radical (unpaired) electrons. The van der Waals surface area contributed by atoms with Gasteiger partial charge in [-0.05, 0) is 74.4 Å². The first-order valence-electron chi connectivity index (χ1n) is 10.9. The molecule has 4 aromatic rings.